The van der Waals surface area contributed by atoms with Crippen molar-refractivity contribution in [2.45, 2.75) is 20.8 Å². The number of hydrogen-bond acceptors (Lipinski definition) is 5. The van der Waals surface area contributed by atoms with E-state index in [4.69, 9.17) is 14.7 Å². The van der Waals surface area contributed by atoms with Crippen LogP contribution in [0.4, 0.5) is 0 Å². The number of likely N-dealkylation sites (N-methyl/N-ethyl adjacent to an activating group) is 1. The molecule has 130 valence electrons. The molecule has 1 rings (SSSR count). The van der Waals surface area contributed by atoms with Crippen LogP contribution < -0.4 is 19.5 Å². The third-order valence-corrected chi connectivity index (χ3v) is 3.63. The van der Waals surface area contributed by atoms with Crippen LogP contribution in [-0.4, -0.2) is 38.8 Å². The van der Waals surface area contributed by atoms with E-state index in [0.29, 0.717) is 30.3 Å². The molecule has 0 heterocycles. The average molecular weight is 332 g/mol. The molecule has 0 saturated carbocycles. The summed E-state index contributed by atoms with van der Waals surface area (Å²) in [5.74, 6) is -0.373. The monoisotopic (exact) mass is 332 g/mol. The summed E-state index contributed by atoms with van der Waals surface area (Å²) in [5, 5.41) is 19.6. The number of benzene rings is 1. The zero-order valence-electron chi connectivity index (χ0n) is 14.4. The Morgan fingerprint density at radius 2 is 1.96 bits per heavy atom. The lowest BCUT2D eigenvalue weighted by Gasteiger charge is -2.17. The lowest BCUT2D eigenvalue weighted by atomic mass is 10.1. The maximum Gasteiger partial charge on any atom is 0.161 e. The molecule has 24 heavy (non-hydrogen) atoms. The van der Waals surface area contributed by atoms with E-state index in [1.165, 1.54) is 11.0 Å². The van der Waals surface area contributed by atoms with Gasteiger partial charge in [-0.1, -0.05) is 6.07 Å². The number of nitrogens with one attached hydrogen (secondary N) is 1. The summed E-state index contributed by atoms with van der Waals surface area (Å²) < 4.78 is 11.4. The molecular formula is C18H24N2O4. The maximum atomic E-state index is 10.8. The van der Waals surface area contributed by atoms with Gasteiger partial charge in [-0.25, -0.2) is 0 Å². The first-order valence-electron chi connectivity index (χ1n) is 8.11. The number of aliphatic carboxylic acids is 1. The standard InChI is InChI=1S/C18H24N2O4/c1-4-20(5-2)9-10-24-16-8-7-14(12-17(16)23-6-3)11-15(13-19)18(21)22/h7-8,11-12H,4-6,9-10H2,1-3H3,(H,21,22)/b15-11+. The highest BCUT2D eigenvalue weighted by atomic mass is 16.5. The second-order valence-electron chi connectivity index (χ2n) is 5.15. The minimum absolute atomic E-state index is 0.434. The summed E-state index contributed by atoms with van der Waals surface area (Å²) in [6.45, 7) is 10.1. The lowest BCUT2D eigenvalue weighted by Crippen LogP contribution is -3.12. The highest BCUT2D eigenvalue weighted by Gasteiger charge is 2.09. The van der Waals surface area contributed by atoms with Gasteiger partial charge in [-0.3, -0.25) is 0 Å². The fourth-order valence-corrected chi connectivity index (χ4v) is 2.21. The van der Waals surface area contributed by atoms with Crippen molar-refractivity contribution < 1.29 is 24.3 Å². The molecule has 0 unspecified atom stereocenters. The first kappa shape index (κ1) is 19.5. The molecule has 6 heteroatoms. The number of carbonyl (C=O) groups is 1. The second-order valence-corrected chi connectivity index (χ2v) is 5.15. The summed E-state index contributed by atoms with van der Waals surface area (Å²) in [5.41, 5.74) is 0.108. The molecule has 0 atom stereocenters. The molecule has 0 amide bonds. The predicted molar refractivity (Wildman–Crippen MR) is 88.6 cm³/mol. The van der Waals surface area contributed by atoms with Crippen LogP contribution in [0.1, 0.15) is 26.3 Å². The first-order chi connectivity index (χ1) is 11.5. The number of carboxylic acids is 1. The zero-order valence-corrected chi connectivity index (χ0v) is 14.4. The molecule has 0 aromatic heterocycles. The van der Waals surface area contributed by atoms with Crippen LogP contribution in [0, 0.1) is 11.3 Å². The van der Waals surface area contributed by atoms with Gasteiger partial charge in [-0.2, -0.15) is 5.26 Å². The van der Waals surface area contributed by atoms with E-state index in [0.717, 1.165) is 19.6 Å². The number of carbonyl (C=O) groups excluding carboxylic acids is 1. The highest BCUT2D eigenvalue weighted by molar-refractivity contribution is 5.95. The molecule has 0 radical (unpaired) electrons. The number of rotatable bonds is 10. The molecule has 0 aliphatic heterocycles. The number of ether oxygens (including phenoxy) is 2. The van der Waals surface area contributed by atoms with E-state index in [2.05, 4.69) is 13.8 Å². The topological polar surface area (TPSA) is 86.8 Å². The molecule has 0 bridgehead atoms. The van der Waals surface area contributed by atoms with E-state index in [-0.39, 0.29) is 0 Å². The number of nitriles is 1. The van der Waals surface area contributed by atoms with Crippen molar-refractivity contribution in [3.63, 3.8) is 0 Å². The van der Waals surface area contributed by atoms with E-state index in [1.807, 2.05) is 6.92 Å². The van der Waals surface area contributed by atoms with Crippen LogP contribution in [-0.2, 0) is 4.79 Å². The Balaban J connectivity index is 2.91. The van der Waals surface area contributed by atoms with Crippen molar-refractivity contribution in [2.24, 2.45) is 0 Å². The normalized spacial score (nSPS) is 11.2. The van der Waals surface area contributed by atoms with Crippen LogP contribution >= 0.6 is 0 Å². The van der Waals surface area contributed by atoms with Gasteiger partial charge in [-0.15, -0.1) is 0 Å². The van der Waals surface area contributed by atoms with Gasteiger partial charge in [0.2, 0.25) is 0 Å². The minimum atomic E-state index is -1.50. The summed E-state index contributed by atoms with van der Waals surface area (Å²) in [7, 11) is 0. The SMILES string of the molecule is CCOc1cc(/C=C(\C#N)C(=O)[O-])ccc1OCC[NH+](CC)CC. The van der Waals surface area contributed by atoms with Gasteiger partial charge in [-0.05, 0) is 44.5 Å². The zero-order chi connectivity index (χ0) is 17.9. The summed E-state index contributed by atoms with van der Waals surface area (Å²) >= 11 is 0. The molecule has 0 spiro atoms. The maximum absolute atomic E-state index is 10.8. The Hall–Kier alpha value is -2.52. The van der Waals surface area contributed by atoms with E-state index in [9.17, 15) is 9.90 Å². The van der Waals surface area contributed by atoms with E-state index in [1.54, 1.807) is 24.3 Å². The van der Waals surface area contributed by atoms with Crippen LogP contribution in [0.5, 0.6) is 11.5 Å². The number of carboxylic acid groups (broad SMARTS) is 1. The molecular weight excluding hydrogens is 308 g/mol. The molecule has 1 aromatic rings. The summed E-state index contributed by atoms with van der Waals surface area (Å²) in [4.78, 5) is 12.3. The van der Waals surface area contributed by atoms with E-state index < -0.39 is 11.5 Å². The van der Waals surface area contributed by atoms with Gasteiger partial charge >= 0.3 is 0 Å². The van der Waals surface area contributed by atoms with Gasteiger partial charge in [0.15, 0.2) is 11.5 Å². The third-order valence-electron chi connectivity index (χ3n) is 3.63. The predicted octanol–water partition coefficient (Wildman–Crippen LogP) is 0.0457. The van der Waals surface area contributed by atoms with Crippen molar-refractivity contribution in [1.29, 1.82) is 5.26 Å². The Labute approximate surface area is 142 Å². The van der Waals surface area contributed by atoms with Gasteiger partial charge in [0, 0.05) is 0 Å². The van der Waals surface area contributed by atoms with Crippen molar-refractivity contribution in [3.05, 3.63) is 29.3 Å². The quantitative estimate of drug-likeness (QED) is 0.483. The summed E-state index contributed by atoms with van der Waals surface area (Å²) in [6.07, 6.45) is 1.25. The second kappa shape index (κ2) is 10.3. The Kier molecular flexibility index (Phi) is 8.37. The molecule has 0 fully saturated rings. The average Bonchev–Trinajstić information content (AvgIpc) is 2.58. The van der Waals surface area contributed by atoms with Crippen LogP contribution in [0.3, 0.4) is 0 Å². The number of nitrogens with zero attached hydrogens (tertiary/aromatic N) is 1. The highest BCUT2D eigenvalue weighted by Crippen LogP contribution is 2.29. The van der Waals surface area contributed by atoms with Crippen molar-refractivity contribution in [3.8, 4) is 17.6 Å². The Morgan fingerprint density at radius 3 is 2.50 bits per heavy atom. The lowest BCUT2D eigenvalue weighted by molar-refractivity contribution is -0.896. The first-order valence-corrected chi connectivity index (χ1v) is 8.11. The smallest absolute Gasteiger partial charge is 0.161 e. The van der Waals surface area contributed by atoms with Gasteiger partial charge in [0.25, 0.3) is 0 Å². The van der Waals surface area contributed by atoms with Crippen LogP contribution in [0.2, 0.25) is 0 Å². The van der Waals surface area contributed by atoms with Crippen molar-refractivity contribution >= 4 is 12.0 Å². The van der Waals surface area contributed by atoms with Gasteiger partial charge < -0.3 is 24.3 Å². The Bertz CT molecular complexity index is 616. The van der Waals surface area contributed by atoms with Gasteiger partial charge in [0.1, 0.15) is 19.2 Å². The molecule has 1 N–H and O–H groups in total. The van der Waals surface area contributed by atoms with Gasteiger partial charge in [0.05, 0.1) is 31.2 Å². The molecule has 0 aliphatic rings. The van der Waals surface area contributed by atoms with Crippen LogP contribution in [0.25, 0.3) is 6.08 Å². The molecule has 1 aromatic carbocycles. The van der Waals surface area contributed by atoms with Crippen molar-refractivity contribution in [2.75, 3.05) is 32.8 Å². The largest absolute Gasteiger partial charge is 0.544 e. The fraction of sp³-hybridized carbons (Fsp3) is 0.444. The molecule has 6 nitrogen and oxygen atoms in total. The van der Waals surface area contributed by atoms with Crippen molar-refractivity contribution in [1.82, 2.24) is 0 Å². The number of quaternary nitrogens is 1. The molecule has 0 aliphatic carbocycles. The van der Waals surface area contributed by atoms with Crippen LogP contribution in [0.15, 0.2) is 23.8 Å². The molecule has 0 saturated heterocycles. The summed E-state index contributed by atoms with van der Waals surface area (Å²) in [6, 6.07) is 6.66. The minimum Gasteiger partial charge on any atom is -0.544 e. The third kappa shape index (κ3) is 5.94. The fourth-order valence-electron chi connectivity index (χ4n) is 2.21. The Morgan fingerprint density at radius 1 is 1.25 bits per heavy atom. The number of hydrogen-bond donors (Lipinski definition) is 1. The van der Waals surface area contributed by atoms with E-state index >= 15 is 0 Å².